The topological polar surface area (TPSA) is 56.1 Å². The Labute approximate surface area is 205 Å². The van der Waals surface area contributed by atoms with Gasteiger partial charge in [-0.3, -0.25) is 4.79 Å². The first-order chi connectivity index (χ1) is 16.6. The normalized spacial score (nSPS) is 10.9. The number of hydrogen-bond donors (Lipinski definition) is 1. The number of fused-ring (bicyclic) bond motifs is 1. The van der Waals surface area contributed by atoms with E-state index in [0.717, 1.165) is 40.2 Å². The molecule has 34 heavy (non-hydrogen) atoms. The van der Waals surface area contributed by atoms with Crippen LogP contribution < -0.4 is 10.1 Å². The summed E-state index contributed by atoms with van der Waals surface area (Å²) in [7, 11) is 0. The van der Waals surface area contributed by atoms with E-state index < -0.39 is 0 Å². The number of allylic oxidation sites excluding steroid dienone is 1. The van der Waals surface area contributed by atoms with Crippen LogP contribution in [0.25, 0.3) is 11.0 Å². The van der Waals surface area contributed by atoms with Crippen LogP contribution in [0.1, 0.15) is 17.0 Å². The molecule has 0 aliphatic rings. The van der Waals surface area contributed by atoms with Gasteiger partial charge in [0.05, 0.1) is 24.0 Å². The molecule has 0 saturated carbocycles. The van der Waals surface area contributed by atoms with E-state index in [4.69, 9.17) is 21.3 Å². The molecule has 0 bridgehead atoms. The van der Waals surface area contributed by atoms with Crippen molar-refractivity contribution in [2.45, 2.75) is 25.8 Å². The molecule has 4 rings (SSSR count). The zero-order chi connectivity index (χ0) is 23.8. The van der Waals surface area contributed by atoms with Gasteiger partial charge in [0.15, 0.2) is 0 Å². The second-order valence-corrected chi connectivity index (χ2v) is 8.46. The third-order valence-electron chi connectivity index (χ3n) is 5.59. The summed E-state index contributed by atoms with van der Waals surface area (Å²) in [5, 5.41) is 3.67. The van der Waals surface area contributed by atoms with Crippen LogP contribution in [0, 0.1) is 0 Å². The molecule has 1 aromatic heterocycles. The number of nitrogens with one attached hydrogen (secondary N) is 1. The molecule has 0 atom stereocenters. The number of nitrogens with zero attached hydrogens (tertiary/aromatic N) is 2. The van der Waals surface area contributed by atoms with Gasteiger partial charge in [-0.15, -0.1) is 6.58 Å². The molecule has 5 nitrogen and oxygen atoms in total. The van der Waals surface area contributed by atoms with Gasteiger partial charge in [-0.05, 0) is 47.9 Å². The molecule has 0 fully saturated rings. The molecule has 0 unspecified atom stereocenters. The molecule has 6 heteroatoms. The number of halogens is 1. The number of hydrogen-bond acceptors (Lipinski definition) is 3. The van der Waals surface area contributed by atoms with Crippen LogP contribution in [0.3, 0.4) is 0 Å². The summed E-state index contributed by atoms with van der Waals surface area (Å²) < 4.78 is 8.29. The highest BCUT2D eigenvalue weighted by Gasteiger charge is 2.12. The van der Waals surface area contributed by atoms with E-state index in [1.54, 1.807) is 12.1 Å². The number of para-hydroxylation sites is 3. The fraction of sp³-hybridized carbons (Fsp3) is 0.214. The van der Waals surface area contributed by atoms with Gasteiger partial charge in [0.1, 0.15) is 18.2 Å². The molecule has 0 saturated heterocycles. The SMILES string of the molecule is C=CCc1ccccc1OCCn1c(CCNC(=O)Cc2ccc(Cl)cc2)nc2ccccc21. The number of imidazole rings is 1. The number of amides is 1. The van der Waals surface area contributed by atoms with Gasteiger partial charge in [0, 0.05) is 18.0 Å². The van der Waals surface area contributed by atoms with Crippen LogP contribution in [0.4, 0.5) is 0 Å². The molecule has 0 spiro atoms. The van der Waals surface area contributed by atoms with Crippen LogP contribution in [-0.4, -0.2) is 28.6 Å². The monoisotopic (exact) mass is 473 g/mol. The van der Waals surface area contributed by atoms with Crippen LogP contribution in [-0.2, 0) is 30.6 Å². The molecule has 4 aromatic rings. The number of ether oxygens (including phenoxy) is 1. The molecular weight excluding hydrogens is 446 g/mol. The van der Waals surface area contributed by atoms with Gasteiger partial charge in [0.25, 0.3) is 0 Å². The second kappa shape index (κ2) is 11.5. The largest absolute Gasteiger partial charge is 0.491 e. The fourth-order valence-corrected chi connectivity index (χ4v) is 4.07. The summed E-state index contributed by atoms with van der Waals surface area (Å²) in [4.78, 5) is 17.2. The van der Waals surface area contributed by atoms with Crippen molar-refractivity contribution >= 4 is 28.5 Å². The van der Waals surface area contributed by atoms with Gasteiger partial charge >= 0.3 is 0 Å². The highest BCUT2D eigenvalue weighted by Crippen LogP contribution is 2.20. The van der Waals surface area contributed by atoms with Crippen molar-refractivity contribution in [3.05, 3.63) is 107 Å². The van der Waals surface area contributed by atoms with E-state index in [0.29, 0.717) is 37.6 Å². The quantitative estimate of drug-likeness (QED) is 0.297. The van der Waals surface area contributed by atoms with Gasteiger partial charge < -0.3 is 14.6 Å². The van der Waals surface area contributed by atoms with Gasteiger partial charge in [-0.1, -0.05) is 60.1 Å². The van der Waals surface area contributed by atoms with E-state index >= 15 is 0 Å². The van der Waals surface area contributed by atoms with Crippen molar-refractivity contribution in [1.82, 2.24) is 14.9 Å². The van der Waals surface area contributed by atoms with Crippen LogP contribution in [0.15, 0.2) is 85.5 Å². The molecular formula is C28H28ClN3O2. The second-order valence-electron chi connectivity index (χ2n) is 8.02. The van der Waals surface area contributed by atoms with Crippen molar-refractivity contribution < 1.29 is 9.53 Å². The summed E-state index contributed by atoms with van der Waals surface area (Å²) in [6, 6.07) is 23.4. The van der Waals surface area contributed by atoms with E-state index in [2.05, 4.69) is 28.6 Å². The Morgan fingerprint density at radius 2 is 1.82 bits per heavy atom. The highest BCUT2D eigenvalue weighted by atomic mass is 35.5. The van der Waals surface area contributed by atoms with E-state index in [1.165, 1.54) is 0 Å². The predicted molar refractivity (Wildman–Crippen MR) is 137 cm³/mol. The van der Waals surface area contributed by atoms with Crippen molar-refractivity contribution in [2.75, 3.05) is 13.2 Å². The Balaban J connectivity index is 1.38. The van der Waals surface area contributed by atoms with Crippen molar-refractivity contribution in [2.24, 2.45) is 0 Å². The van der Waals surface area contributed by atoms with Crippen molar-refractivity contribution in [1.29, 1.82) is 0 Å². The summed E-state index contributed by atoms with van der Waals surface area (Å²) >= 11 is 5.92. The van der Waals surface area contributed by atoms with Gasteiger partial charge in [-0.2, -0.15) is 0 Å². The lowest BCUT2D eigenvalue weighted by Crippen LogP contribution is -2.28. The lowest BCUT2D eigenvalue weighted by molar-refractivity contribution is -0.120. The molecule has 1 N–H and O–H groups in total. The first-order valence-electron chi connectivity index (χ1n) is 11.4. The fourth-order valence-electron chi connectivity index (χ4n) is 3.95. The zero-order valence-corrected chi connectivity index (χ0v) is 19.8. The maximum Gasteiger partial charge on any atom is 0.224 e. The summed E-state index contributed by atoms with van der Waals surface area (Å²) in [6.07, 6.45) is 3.61. The Hall–Kier alpha value is -3.57. The lowest BCUT2D eigenvalue weighted by Gasteiger charge is -2.13. The zero-order valence-electron chi connectivity index (χ0n) is 19.0. The van der Waals surface area contributed by atoms with Gasteiger partial charge in [0.2, 0.25) is 5.91 Å². The average Bonchev–Trinajstić information content (AvgIpc) is 3.19. The molecule has 0 aliphatic carbocycles. The van der Waals surface area contributed by atoms with E-state index in [9.17, 15) is 4.79 Å². The Morgan fingerprint density at radius 3 is 2.65 bits per heavy atom. The average molecular weight is 474 g/mol. The number of carbonyl (C=O) groups is 1. The molecule has 0 aliphatic heterocycles. The lowest BCUT2D eigenvalue weighted by atomic mass is 10.1. The van der Waals surface area contributed by atoms with Crippen molar-refractivity contribution in [3.8, 4) is 5.75 Å². The Kier molecular flexibility index (Phi) is 7.99. The molecule has 0 radical (unpaired) electrons. The molecule has 1 heterocycles. The standard InChI is InChI=1S/C28H28ClN3O2/c1-2-7-22-8-3-6-11-26(22)34-19-18-32-25-10-5-4-9-24(25)31-27(32)16-17-30-28(33)20-21-12-14-23(29)15-13-21/h2-6,8-15H,1,7,16-20H2,(H,30,33). The molecule has 174 valence electrons. The van der Waals surface area contributed by atoms with Crippen LogP contribution in [0.2, 0.25) is 5.02 Å². The maximum atomic E-state index is 12.4. The minimum Gasteiger partial charge on any atom is -0.491 e. The summed E-state index contributed by atoms with van der Waals surface area (Å²) in [6.45, 7) is 5.52. The predicted octanol–water partition coefficient (Wildman–Crippen LogP) is 5.40. The number of aromatic nitrogens is 2. The van der Waals surface area contributed by atoms with E-state index in [-0.39, 0.29) is 5.91 Å². The number of carbonyl (C=O) groups excluding carboxylic acids is 1. The summed E-state index contributed by atoms with van der Waals surface area (Å²) in [5.74, 6) is 1.78. The third kappa shape index (κ3) is 6.06. The first kappa shape index (κ1) is 23.6. The van der Waals surface area contributed by atoms with Crippen molar-refractivity contribution in [3.63, 3.8) is 0 Å². The molecule has 1 amide bonds. The Bertz CT molecular complexity index is 1260. The van der Waals surface area contributed by atoms with Gasteiger partial charge in [-0.25, -0.2) is 4.98 Å². The highest BCUT2D eigenvalue weighted by molar-refractivity contribution is 6.30. The number of rotatable bonds is 11. The maximum absolute atomic E-state index is 12.4. The summed E-state index contributed by atoms with van der Waals surface area (Å²) in [5.41, 5.74) is 4.06. The van der Waals surface area contributed by atoms with Crippen LogP contribution in [0.5, 0.6) is 5.75 Å². The minimum atomic E-state index is -0.0212. The van der Waals surface area contributed by atoms with Crippen LogP contribution >= 0.6 is 11.6 Å². The minimum absolute atomic E-state index is 0.0212. The third-order valence-corrected chi connectivity index (χ3v) is 5.84. The first-order valence-corrected chi connectivity index (χ1v) is 11.8. The number of benzene rings is 3. The molecule has 3 aromatic carbocycles. The van der Waals surface area contributed by atoms with E-state index in [1.807, 2.05) is 54.6 Å². The smallest absolute Gasteiger partial charge is 0.224 e. The Morgan fingerprint density at radius 1 is 1.06 bits per heavy atom.